The smallest absolute Gasteiger partial charge is 0.133 e. The summed E-state index contributed by atoms with van der Waals surface area (Å²) in [6.07, 6.45) is 0. The fourth-order valence-electron chi connectivity index (χ4n) is 1.30. The third kappa shape index (κ3) is 4.17. The Hall–Kier alpha value is -1.12. The Labute approximate surface area is 98.7 Å². The van der Waals surface area contributed by atoms with Crippen molar-refractivity contribution in [3.8, 4) is 0 Å². The second-order valence-corrected chi connectivity index (χ2v) is 5.82. The number of rotatable bonds is 3. The Morgan fingerprint density at radius 2 is 1.88 bits per heavy atom. The van der Waals surface area contributed by atoms with Crippen molar-refractivity contribution in [3.63, 3.8) is 0 Å². The topological polar surface area (TPSA) is 37.8 Å². The van der Waals surface area contributed by atoms with Gasteiger partial charge < -0.3 is 5.32 Å². The summed E-state index contributed by atoms with van der Waals surface area (Å²) in [5.74, 6) is 2.22. The van der Waals surface area contributed by atoms with E-state index in [0.717, 1.165) is 23.9 Å². The summed E-state index contributed by atoms with van der Waals surface area (Å²) in [4.78, 5) is 8.94. The Bertz CT molecular complexity index is 351. The summed E-state index contributed by atoms with van der Waals surface area (Å²) in [7, 11) is 0. The minimum atomic E-state index is 0.261. The first kappa shape index (κ1) is 12.9. The molecule has 0 aliphatic heterocycles. The van der Waals surface area contributed by atoms with Gasteiger partial charge in [0.05, 0.1) is 0 Å². The average molecular weight is 221 g/mol. The lowest BCUT2D eigenvalue weighted by molar-refractivity contribution is 0.442. The highest BCUT2D eigenvalue weighted by molar-refractivity contribution is 5.36. The molecule has 0 bridgehead atoms. The van der Waals surface area contributed by atoms with Crippen LogP contribution in [-0.4, -0.2) is 16.5 Å². The molecule has 0 saturated carbocycles. The number of anilines is 1. The summed E-state index contributed by atoms with van der Waals surface area (Å²) in [6, 6.07) is 2.00. The van der Waals surface area contributed by atoms with Crippen LogP contribution >= 0.6 is 0 Å². The van der Waals surface area contributed by atoms with Crippen LogP contribution in [0, 0.1) is 12.3 Å². The maximum Gasteiger partial charge on any atom is 0.133 e. The van der Waals surface area contributed by atoms with Crippen molar-refractivity contribution in [1.29, 1.82) is 0 Å². The molecule has 3 heteroatoms. The predicted molar refractivity (Wildman–Crippen MR) is 68.8 cm³/mol. The maximum atomic E-state index is 4.51. The molecule has 0 fully saturated rings. The van der Waals surface area contributed by atoms with E-state index in [1.54, 1.807) is 0 Å². The molecule has 0 aliphatic rings. The van der Waals surface area contributed by atoms with Gasteiger partial charge >= 0.3 is 0 Å². The molecule has 0 radical (unpaired) electrons. The van der Waals surface area contributed by atoms with Crippen LogP contribution in [0.2, 0.25) is 0 Å². The summed E-state index contributed by atoms with van der Waals surface area (Å²) in [5.41, 5.74) is 1.28. The SMILES string of the molecule is Cc1cc(NCC(C)(C)C)nc(C(C)C)n1. The largest absolute Gasteiger partial charge is 0.369 e. The Kier molecular flexibility index (Phi) is 3.89. The summed E-state index contributed by atoms with van der Waals surface area (Å²) in [6.45, 7) is 13.8. The molecular weight excluding hydrogens is 198 g/mol. The predicted octanol–water partition coefficient (Wildman–Crippen LogP) is 3.37. The zero-order chi connectivity index (χ0) is 12.3. The van der Waals surface area contributed by atoms with Gasteiger partial charge in [-0.2, -0.15) is 0 Å². The molecule has 1 rings (SSSR count). The Morgan fingerprint density at radius 3 is 2.38 bits per heavy atom. The van der Waals surface area contributed by atoms with E-state index in [4.69, 9.17) is 0 Å². The maximum absolute atomic E-state index is 4.51. The van der Waals surface area contributed by atoms with Gasteiger partial charge in [0.25, 0.3) is 0 Å². The number of aromatic nitrogens is 2. The van der Waals surface area contributed by atoms with Gasteiger partial charge in [0, 0.05) is 24.2 Å². The molecule has 0 saturated heterocycles. The molecule has 0 unspecified atom stereocenters. The first-order valence-corrected chi connectivity index (χ1v) is 5.87. The van der Waals surface area contributed by atoms with E-state index >= 15 is 0 Å². The normalized spacial score (nSPS) is 11.9. The van der Waals surface area contributed by atoms with Crippen molar-refractivity contribution in [3.05, 3.63) is 17.6 Å². The minimum Gasteiger partial charge on any atom is -0.369 e. The molecule has 0 aromatic carbocycles. The van der Waals surface area contributed by atoms with E-state index in [9.17, 15) is 0 Å². The Morgan fingerprint density at radius 1 is 1.25 bits per heavy atom. The first-order valence-electron chi connectivity index (χ1n) is 5.87. The third-order valence-corrected chi connectivity index (χ3v) is 2.19. The molecule has 16 heavy (non-hydrogen) atoms. The van der Waals surface area contributed by atoms with Gasteiger partial charge in [0.2, 0.25) is 0 Å². The van der Waals surface area contributed by atoms with Crippen LogP contribution in [0.15, 0.2) is 6.07 Å². The van der Waals surface area contributed by atoms with Crippen molar-refractivity contribution in [2.24, 2.45) is 5.41 Å². The minimum absolute atomic E-state index is 0.261. The van der Waals surface area contributed by atoms with Crippen molar-refractivity contribution in [2.45, 2.75) is 47.5 Å². The molecule has 1 heterocycles. The van der Waals surface area contributed by atoms with Gasteiger partial charge in [-0.05, 0) is 12.3 Å². The Balaban J connectivity index is 2.81. The van der Waals surface area contributed by atoms with Crippen molar-refractivity contribution >= 4 is 5.82 Å². The van der Waals surface area contributed by atoms with Crippen LogP contribution in [0.1, 0.15) is 52.1 Å². The standard InChI is InChI=1S/C13H23N3/c1-9(2)12-15-10(3)7-11(16-12)14-8-13(4,5)6/h7,9H,8H2,1-6H3,(H,14,15,16). The molecule has 0 amide bonds. The lowest BCUT2D eigenvalue weighted by Gasteiger charge is -2.19. The fourth-order valence-corrected chi connectivity index (χ4v) is 1.30. The van der Waals surface area contributed by atoms with Crippen molar-refractivity contribution in [2.75, 3.05) is 11.9 Å². The summed E-state index contributed by atoms with van der Waals surface area (Å²) >= 11 is 0. The lowest BCUT2D eigenvalue weighted by atomic mass is 9.97. The van der Waals surface area contributed by atoms with Crippen molar-refractivity contribution < 1.29 is 0 Å². The van der Waals surface area contributed by atoms with Crippen LogP contribution in [0.3, 0.4) is 0 Å². The van der Waals surface area contributed by atoms with E-state index in [1.165, 1.54) is 0 Å². The first-order chi connectivity index (χ1) is 7.28. The molecule has 90 valence electrons. The number of nitrogens with one attached hydrogen (secondary N) is 1. The summed E-state index contributed by atoms with van der Waals surface area (Å²) in [5, 5.41) is 3.37. The van der Waals surface area contributed by atoms with Crippen LogP contribution in [-0.2, 0) is 0 Å². The zero-order valence-corrected chi connectivity index (χ0v) is 11.3. The molecule has 1 N–H and O–H groups in total. The van der Waals surface area contributed by atoms with Crippen molar-refractivity contribution in [1.82, 2.24) is 9.97 Å². The molecule has 3 nitrogen and oxygen atoms in total. The zero-order valence-electron chi connectivity index (χ0n) is 11.3. The number of hydrogen-bond acceptors (Lipinski definition) is 3. The highest BCUT2D eigenvalue weighted by Gasteiger charge is 2.11. The van der Waals surface area contributed by atoms with E-state index in [2.05, 4.69) is 49.9 Å². The van der Waals surface area contributed by atoms with Crippen LogP contribution in [0.5, 0.6) is 0 Å². The average Bonchev–Trinajstić information content (AvgIpc) is 2.13. The molecule has 1 aromatic heterocycles. The van der Waals surface area contributed by atoms with E-state index in [1.807, 2.05) is 13.0 Å². The van der Waals surface area contributed by atoms with E-state index in [0.29, 0.717) is 5.92 Å². The molecular formula is C13H23N3. The third-order valence-electron chi connectivity index (χ3n) is 2.19. The van der Waals surface area contributed by atoms with E-state index in [-0.39, 0.29) is 5.41 Å². The summed E-state index contributed by atoms with van der Waals surface area (Å²) < 4.78 is 0. The molecule has 1 aromatic rings. The van der Waals surface area contributed by atoms with Crippen LogP contribution in [0.4, 0.5) is 5.82 Å². The van der Waals surface area contributed by atoms with Crippen LogP contribution < -0.4 is 5.32 Å². The van der Waals surface area contributed by atoms with E-state index < -0.39 is 0 Å². The monoisotopic (exact) mass is 221 g/mol. The highest BCUT2D eigenvalue weighted by atomic mass is 15.0. The van der Waals surface area contributed by atoms with Gasteiger partial charge in [0.1, 0.15) is 11.6 Å². The van der Waals surface area contributed by atoms with Gasteiger partial charge in [-0.3, -0.25) is 0 Å². The van der Waals surface area contributed by atoms with Gasteiger partial charge in [0.15, 0.2) is 0 Å². The lowest BCUT2D eigenvalue weighted by Crippen LogP contribution is -2.20. The van der Waals surface area contributed by atoms with Gasteiger partial charge in [-0.15, -0.1) is 0 Å². The van der Waals surface area contributed by atoms with Gasteiger partial charge in [-0.1, -0.05) is 34.6 Å². The van der Waals surface area contributed by atoms with Crippen LogP contribution in [0.25, 0.3) is 0 Å². The molecule has 0 aliphatic carbocycles. The quantitative estimate of drug-likeness (QED) is 0.850. The van der Waals surface area contributed by atoms with Gasteiger partial charge in [-0.25, -0.2) is 9.97 Å². The highest BCUT2D eigenvalue weighted by Crippen LogP contribution is 2.17. The second kappa shape index (κ2) is 4.81. The molecule has 0 atom stereocenters. The molecule has 0 spiro atoms. The number of hydrogen-bond donors (Lipinski definition) is 1. The number of aryl methyl sites for hydroxylation is 1. The number of nitrogens with zero attached hydrogens (tertiary/aromatic N) is 2. The fraction of sp³-hybridized carbons (Fsp3) is 0.692. The second-order valence-electron chi connectivity index (χ2n) is 5.82.